The molecule has 1 fully saturated rings. The highest BCUT2D eigenvalue weighted by molar-refractivity contribution is 7.89. The van der Waals surface area contributed by atoms with Crippen LogP contribution >= 0.6 is 0 Å². The van der Waals surface area contributed by atoms with Crippen LogP contribution in [0.1, 0.15) is 52.7 Å². The molecule has 0 saturated carbocycles. The standard InChI is InChI=1S/C48H56N16O5S2/c1-31-29-49-45(55-42(31)51-37-11-9-13-40(27-37)70(66,67)59-47(4,5)6)53-35-17-15-34(16-18-35)44-57-61-64(58-44)48(7,8)60-71(68,69)41-14-10-12-38(28-41)52-43-32(2)30-50-46(56-43)54-36-19-21-39(22-20-36)63-25-23-62(24-26-63)33(3)65/h9-22,27-30,59-60H,23-26H2,1-8H3,(H4,49,50,51,52,53,54,55,56,58)/p+1. The van der Waals surface area contributed by atoms with Crippen LogP contribution in [-0.2, 0) is 30.5 Å². The molecule has 21 nitrogen and oxygen atoms in total. The third kappa shape index (κ3) is 12.4. The number of aryl methyl sites for hydroxylation is 2. The average Bonchev–Trinajstić information content (AvgIpc) is 3.83. The predicted octanol–water partition coefficient (Wildman–Crippen LogP) is 6.35. The Morgan fingerprint density at radius 2 is 1.13 bits per heavy atom. The molecule has 1 amide bonds. The van der Waals surface area contributed by atoms with E-state index in [1.807, 2.05) is 43.0 Å². The maximum Gasteiger partial charge on any atom is 0.338 e. The highest BCUT2D eigenvalue weighted by Gasteiger charge is 2.36. The highest BCUT2D eigenvalue weighted by atomic mass is 32.2. The third-order valence-electron chi connectivity index (χ3n) is 11.2. The molecule has 1 saturated heterocycles. The Balaban J connectivity index is 0.881. The van der Waals surface area contributed by atoms with Gasteiger partial charge in [0.1, 0.15) is 11.6 Å². The van der Waals surface area contributed by atoms with Crippen molar-refractivity contribution < 1.29 is 26.4 Å². The van der Waals surface area contributed by atoms with Gasteiger partial charge in [0.05, 0.1) is 20.5 Å². The van der Waals surface area contributed by atoms with Gasteiger partial charge in [-0.15, -0.1) is 0 Å². The monoisotopic (exact) mass is 1000 g/mol. The van der Waals surface area contributed by atoms with Gasteiger partial charge in [-0.25, -0.2) is 31.5 Å². The fourth-order valence-corrected chi connectivity index (χ4v) is 10.4. The molecular weight excluding hydrogens is 945 g/mol. The number of aromatic nitrogens is 8. The molecule has 0 bridgehead atoms. The van der Waals surface area contributed by atoms with Gasteiger partial charge in [-0.05, 0) is 149 Å². The normalized spacial score (nSPS) is 13.5. The van der Waals surface area contributed by atoms with Crippen molar-refractivity contribution in [1.82, 2.24) is 49.7 Å². The van der Waals surface area contributed by atoms with Crippen LogP contribution in [0.25, 0.3) is 11.4 Å². The van der Waals surface area contributed by atoms with E-state index in [0.717, 1.165) is 35.6 Å². The van der Waals surface area contributed by atoms with Crippen LogP contribution in [-0.4, -0.2) is 94.7 Å². The van der Waals surface area contributed by atoms with Gasteiger partial charge in [-0.1, -0.05) is 12.1 Å². The van der Waals surface area contributed by atoms with Crippen LogP contribution in [0.5, 0.6) is 0 Å². The molecule has 1 aliphatic rings. The molecule has 0 spiro atoms. The summed E-state index contributed by atoms with van der Waals surface area (Å²) in [7, 11) is -7.85. The number of benzene rings is 4. The average molecular weight is 1000 g/mol. The number of hydrogen-bond acceptors (Lipinski definition) is 16. The molecular formula is C48H57N16O5S2+. The molecule has 23 heteroatoms. The van der Waals surface area contributed by atoms with Crippen LogP contribution in [0.3, 0.4) is 0 Å². The topological polar surface area (TPSA) is 261 Å². The number of aromatic amines is 1. The summed E-state index contributed by atoms with van der Waals surface area (Å²) >= 11 is 0. The van der Waals surface area contributed by atoms with Gasteiger partial charge in [-0.3, -0.25) is 4.79 Å². The molecule has 4 aromatic carbocycles. The fourth-order valence-electron chi connectivity index (χ4n) is 7.51. The summed E-state index contributed by atoms with van der Waals surface area (Å²) < 4.78 is 59.1. The summed E-state index contributed by atoms with van der Waals surface area (Å²) in [6.07, 6.45) is 3.34. The summed E-state index contributed by atoms with van der Waals surface area (Å²) in [5, 5.41) is 24.7. The second-order valence-corrected chi connectivity index (χ2v) is 22.0. The van der Waals surface area contributed by atoms with E-state index in [0.29, 0.717) is 65.1 Å². The van der Waals surface area contributed by atoms with E-state index in [1.54, 1.807) is 109 Å². The molecule has 0 radical (unpaired) electrons. The largest absolute Gasteiger partial charge is 0.368 e. The molecule has 0 atom stereocenters. The molecule has 7 aromatic rings. The van der Waals surface area contributed by atoms with Crippen molar-refractivity contribution in [3.8, 4) is 11.4 Å². The van der Waals surface area contributed by atoms with Crippen molar-refractivity contribution in [2.24, 2.45) is 0 Å². The van der Waals surface area contributed by atoms with Gasteiger partial charge in [0.25, 0.3) is 0 Å². The number of H-pyrrole nitrogens is 1. The lowest BCUT2D eigenvalue weighted by atomic mass is 10.1. The zero-order chi connectivity index (χ0) is 50.7. The lowest BCUT2D eigenvalue weighted by molar-refractivity contribution is -0.858. The van der Waals surface area contributed by atoms with E-state index in [2.05, 4.69) is 71.0 Å². The second kappa shape index (κ2) is 20.0. The lowest BCUT2D eigenvalue weighted by Gasteiger charge is -2.35. The van der Waals surface area contributed by atoms with Gasteiger partial charge in [0.15, 0.2) is 0 Å². The maximum atomic E-state index is 13.9. The number of carbonyl (C=O) groups is 1. The minimum atomic E-state index is -4.10. The lowest BCUT2D eigenvalue weighted by Crippen LogP contribution is -2.65. The highest BCUT2D eigenvalue weighted by Crippen LogP contribution is 2.28. The van der Waals surface area contributed by atoms with Crippen LogP contribution in [0.4, 0.5) is 52.0 Å². The van der Waals surface area contributed by atoms with Crippen molar-refractivity contribution in [1.29, 1.82) is 0 Å². The quantitative estimate of drug-likeness (QED) is 0.0521. The molecule has 0 unspecified atom stereocenters. The van der Waals surface area contributed by atoms with Gasteiger partial charge >= 0.3 is 5.82 Å². The van der Waals surface area contributed by atoms with Gasteiger partial charge in [-0.2, -0.15) is 14.7 Å². The molecule has 370 valence electrons. The van der Waals surface area contributed by atoms with Crippen molar-refractivity contribution in [3.63, 3.8) is 0 Å². The van der Waals surface area contributed by atoms with Gasteiger partial charge in [0, 0.05) is 90.6 Å². The molecule has 3 aromatic heterocycles. The Labute approximate surface area is 413 Å². The van der Waals surface area contributed by atoms with E-state index in [1.165, 1.54) is 23.0 Å². The van der Waals surface area contributed by atoms with Crippen LogP contribution in [0.2, 0.25) is 0 Å². The number of carbonyl (C=O) groups excluding carboxylic acids is 1. The smallest absolute Gasteiger partial charge is 0.338 e. The number of tetrazole rings is 1. The molecule has 0 aliphatic carbocycles. The Kier molecular flexibility index (Phi) is 14.0. The van der Waals surface area contributed by atoms with E-state index in [4.69, 9.17) is 0 Å². The maximum absolute atomic E-state index is 13.9. The van der Waals surface area contributed by atoms with Crippen molar-refractivity contribution in [3.05, 3.63) is 121 Å². The number of piperazine rings is 1. The number of hydrogen-bond donors (Lipinski definition) is 7. The first kappa shape index (κ1) is 49.8. The summed E-state index contributed by atoms with van der Waals surface area (Å²) in [6.45, 7) is 16.9. The fraction of sp³-hybridized carbons (Fsp3) is 0.292. The Bertz CT molecular complexity index is 3280. The van der Waals surface area contributed by atoms with E-state index < -0.39 is 31.2 Å². The number of amides is 1. The number of nitrogens with zero attached hydrogens (tertiary/aromatic N) is 9. The number of sulfonamides is 2. The number of rotatable bonds is 16. The van der Waals surface area contributed by atoms with Gasteiger partial charge < -0.3 is 31.1 Å². The number of nitrogens with one attached hydrogen (secondary N) is 7. The summed E-state index contributed by atoms with van der Waals surface area (Å²) in [5.41, 5.74) is 3.79. The Morgan fingerprint density at radius 3 is 1.62 bits per heavy atom. The molecule has 8 rings (SSSR count). The number of anilines is 9. The zero-order valence-corrected chi connectivity index (χ0v) is 42.2. The first-order valence-corrected chi connectivity index (χ1v) is 25.7. The summed E-state index contributed by atoms with van der Waals surface area (Å²) in [5.74, 6) is 2.06. The van der Waals surface area contributed by atoms with Crippen molar-refractivity contribution in [2.45, 2.75) is 76.4 Å². The van der Waals surface area contributed by atoms with Crippen molar-refractivity contribution in [2.75, 3.05) is 52.3 Å². The van der Waals surface area contributed by atoms with Crippen LogP contribution in [0.15, 0.2) is 119 Å². The minimum absolute atomic E-state index is 0.0149. The Morgan fingerprint density at radius 1 is 0.634 bits per heavy atom. The third-order valence-corrected chi connectivity index (χ3v) is 14.6. The van der Waals surface area contributed by atoms with E-state index in [9.17, 15) is 21.6 Å². The van der Waals surface area contributed by atoms with E-state index >= 15 is 0 Å². The molecule has 4 heterocycles. The van der Waals surface area contributed by atoms with Crippen LogP contribution < -0.4 is 40.4 Å². The molecule has 71 heavy (non-hydrogen) atoms. The molecule has 7 N–H and O–H groups in total. The summed E-state index contributed by atoms with van der Waals surface area (Å²) in [6, 6.07) is 28.1. The predicted molar refractivity (Wildman–Crippen MR) is 272 cm³/mol. The van der Waals surface area contributed by atoms with Gasteiger partial charge in [0.2, 0.25) is 43.5 Å². The SMILES string of the molecule is CC(=O)N1CCN(c2ccc(Nc3ncc(C)c(Nc4cccc(S(=O)(=O)NC(C)(C)[n+]5nc(-c6ccc(Nc7ncc(C)c(Nc8cccc(S(=O)(=O)NC(C)(C)C)c8)n7)cc6)n[nH]5)c4)n3)cc2)CC1. The summed E-state index contributed by atoms with van der Waals surface area (Å²) in [4.78, 5) is 35.5. The van der Waals surface area contributed by atoms with Crippen molar-refractivity contribution >= 4 is 77.9 Å². The van der Waals surface area contributed by atoms with Crippen LogP contribution in [0, 0.1) is 13.8 Å². The first-order valence-electron chi connectivity index (χ1n) is 22.7. The molecule has 1 aliphatic heterocycles. The van der Waals surface area contributed by atoms with E-state index in [-0.39, 0.29) is 15.7 Å². The minimum Gasteiger partial charge on any atom is -0.368 e. The zero-order valence-electron chi connectivity index (χ0n) is 40.6. The Hall–Kier alpha value is -7.60. The first-order chi connectivity index (χ1) is 33.6. The second-order valence-electron chi connectivity index (χ2n) is 18.6.